The van der Waals surface area contributed by atoms with Gasteiger partial charge < -0.3 is 4.74 Å². The molecule has 0 amide bonds. The van der Waals surface area contributed by atoms with Crippen LogP contribution >= 0.6 is 0 Å². The van der Waals surface area contributed by atoms with Crippen LogP contribution in [0.5, 0.6) is 0 Å². The quantitative estimate of drug-likeness (QED) is 0.487. The number of Topliss-reactive ketones (excluding diaryl/α,β-unsaturated/α-hetero) is 1. The van der Waals surface area contributed by atoms with Gasteiger partial charge in [0.1, 0.15) is 6.10 Å². The summed E-state index contributed by atoms with van der Waals surface area (Å²) in [6.07, 6.45) is 3.08. The monoisotopic (exact) mass is 246 g/mol. The van der Waals surface area contributed by atoms with Gasteiger partial charge in [-0.25, -0.2) is 4.79 Å². The number of ketones is 1. The highest BCUT2D eigenvalue weighted by Gasteiger charge is 2.50. The van der Waals surface area contributed by atoms with E-state index in [2.05, 4.69) is 13.5 Å². The first kappa shape index (κ1) is 11.7. The lowest BCUT2D eigenvalue weighted by atomic mass is 9.60. The van der Waals surface area contributed by atoms with Crippen molar-refractivity contribution >= 4 is 11.8 Å². The number of carbonyl (C=O) groups is 2. The second kappa shape index (κ2) is 3.56. The van der Waals surface area contributed by atoms with E-state index in [1.807, 2.05) is 6.92 Å². The van der Waals surface area contributed by atoms with E-state index >= 15 is 0 Å². The molecule has 1 heterocycles. The molecular weight excluding hydrogens is 228 g/mol. The van der Waals surface area contributed by atoms with E-state index in [0.29, 0.717) is 12.0 Å². The number of fused-ring (bicyclic) bond motifs is 2. The minimum atomic E-state index is -0.253. The molecule has 0 unspecified atom stereocenters. The molecule has 3 aliphatic rings. The number of hydrogen-bond donors (Lipinski definition) is 0. The Morgan fingerprint density at radius 3 is 2.83 bits per heavy atom. The second-order valence-corrected chi connectivity index (χ2v) is 6.07. The Kier molecular flexibility index (Phi) is 2.31. The third-order valence-electron chi connectivity index (χ3n) is 5.00. The maximum Gasteiger partial charge on any atom is 0.334 e. The lowest BCUT2D eigenvalue weighted by Crippen LogP contribution is -2.39. The highest BCUT2D eigenvalue weighted by Crippen LogP contribution is 2.54. The highest BCUT2D eigenvalue weighted by molar-refractivity contribution is 5.97. The number of ether oxygens (including phenoxy) is 1. The van der Waals surface area contributed by atoms with Crippen LogP contribution in [0.15, 0.2) is 23.3 Å². The molecule has 18 heavy (non-hydrogen) atoms. The molecule has 3 atom stereocenters. The summed E-state index contributed by atoms with van der Waals surface area (Å²) < 4.78 is 5.41. The van der Waals surface area contributed by atoms with Gasteiger partial charge in [0.2, 0.25) is 0 Å². The lowest BCUT2D eigenvalue weighted by molar-refractivity contribution is -0.141. The van der Waals surface area contributed by atoms with E-state index in [1.165, 1.54) is 5.57 Å². The van der Waals surface area contributed by atoms with E-state index in [-0.39, 0.29) is 29.2 Å². The van der Waals surface area contributed by atoms with Crippen molar-refractivity contribution in [2.45, 2.75) is 45.6 Å². The third-order valence-corrected chi connectivity index (χ3v) is 5.00. The van der Waals surface area contributed by atoms with Crippen LogP contribution in [0.1, 0.15) is 39.5 Å². The smallest absolute Gasteiger partial charge is 0.334 e. The highest BCUT2D eigenvalue weighted by atomic mass is 16.6. The molecule has 3 rings (SSSR count). The van der Waals surface area contributed by atoms with Gasteiger partial charge in [0, 0.05) is 17.9 Å². The van der Waals surface area contributed by atoms with E-state index in [9.17, 15) is 9.59 Å². The number of esters is 1. The molecule has 1 saturated carbocycles. The van der Waals surface area contributed by atoms with Gasteiger partial charge in [-0.05, 0) is 37.2 Å². The van der Waals surface area contributed by atoms with Crippen LogP contribution in [0.25, 0.3) is 0 Å². The van der Waals surface area contributed by atoms with E-state index in [0.717, 1.165) is 24.8 Å². The van der Waals surface area contributed by atoms with Crippen molar-refractivity contribution in [3.8, 4) is 0 Å². The van der Waals surface area contributed by atoms with E-state index in [1.54, 1.807) is 0 Å². The van der Waals surface area contributed by atoms with Gasteiger partial charge in [-0.3, -0.25) is 4.79 Å². The molecule has 0 bridgehead atoms. The Balaban J connectivity index is 2.02. The molecular formula is C15H18O3. The van der Waals surface area contributed by atoms with Crippen molar-refractivity contribution < 1.29 is 14.3 Å². The van der Waals surface area contributed by atoms with Crippen molar-refractivity contribution in [1.29, 1.82) is 0 Å². The van der Waals surface area contributed by atoms with Gasteiger partial charge in [0.25, 0.3) is 0 Å². The predicted molar refractivity (Wildman–Crippen MR) is 66.8 cm³/mol. The maximum atomic E-state index is 11.9. The van der Waals surface area contributed by atoms with Gasteiger partial charge >= 0.3 is 5.97 Å². The largest absolute Gasteiger partial charge is 0.458 e. The number of rotatable bonds is 0. The SMILES string of the molecule is C=C1C(=O)O[C@@H]2C[C@@]3(C)CCC(=O)C(C)=C3C[C@H]12. The normalized spacial score (nSPS) is 39.6. The fourth-order valence-corrected chi connectivity index (χ4v) is 3.75. The zero-order chi connectivity index (χ0) is 13.1. The molecule has 0 aromatic heterocycles. The molecule has 0 aromatic rings. The van der Waals surface area contributed by atoms with Gasteiger partial charge in [0.05, 0.1) is 0 Å². The Morgan fingerprint density at radius 1 is 1.39 bits per heavy atom. The summed E-state index contributed by atoms with van der Waals surface area (Å²) in [4.78, 5) is 23.4. The molecule has 1 aliphatic heterocycles. The molecule has 0 spiro atoms. The number of hydrogen-bond acceptors (Lipinski definition) is 3. The summed E-state index contributed by atoms with van der Waals surface area (Å²) in [6, 6.07) is 0. The summed E-state index contributed by atoms with van der Waals surface area (Å²) in [7, 11) is 0. The standard InChI is InChI=1S/C15H18O3/c1-8-10-6-11-9(2)12(16)4-5-15(11,3)7-13(10)18-14(8)17/h10,13H,1,4-7H2,2-3H3/t10-,13-,15-/m1/s1. The Hall–Kier alpha value is -1.38. The van der Waals surface area contributed by atoms with E-state index in [4.69, 9.17) is 4.74 Å². The number of carbonyl (C=O) groups excluding carboxylic acids is 2. The van der Waals surface area contributed by atoms with Gasteiger partial charge in [-0.1, -0.05) is 19.1 Å². The maximum absolute atomic E-state index is 11.9. The van der Waals surface area contributed by atoms with Crippen molar-refractivity contribution in [2.75, 3.05) is 0 Å². The van der Waals surface area contributed by atoms with Crippen molar-refractivity contribution in [3.63, 3.8) is 0 Å². The van der Waals surface area contributed by atoms with Gasteiger partial charge in [-0.2, -0.15) is 0 Å². The summed E-state index contributed by atoms with van der Waals surface area (Å²) in [6.45, 7) is 7.97. The number of allylic oxidation sites excluding steroid dienone is 2. The van der Waals surface area contributed by atoms with Crippen molar-refractivity contribution in [3.05, 3.63) is 23.3 Å². The minimum absolute atomic E-state index is 0.0280. The van der Waals surface area contributed by atoms with Crippen LogP contribution in [-0.2, 0) is 14.3 Å². The summed E-state index contributed by atoms with van der Waals surface area (Å²) in [5.74, 6) is 0.0926. The summed E-state index contributed by atoms with van der Waals surface area (Å²) >= 11 is 0. The fraction of sp³-hybridized carbons (Fsp3) is 0.600. The second-order valence-electron chi connectivity index (χ2n) is 6.07. The van der Waals surface area contributed by atoms with E-state index < -0.39 is 0 Å². The van der Waals surface area contributed by atoms with Crippen LogP contribution in [0.4, 0.5) is 0 Å². The first-order valence-electron chi connectivity index (χ1n) is 6.55. The fourth-order valence-electron chi connectivity index (χ4n) is 3.75. The zero-order valence-corrected chi connectivity index (χ0v) is 10.9. The Labute approximate surface area is 107 Å². The summed E-state index contributed by atoms with van der Waals surface area (Å²) in [5, 5.41) is 0. The molecule has 3 nitrogen and oxygen atoms in total. The average molecular weight is 246 g/mol. The first-order chi connectivity index (χ1) is 8.42. The molecule has 96 valence electrons. The van der Waals surface area contributed by atoms with Crippen LogP contribution in [0.3, 0.4) is 0 Å². The minimum Gasteiger partial charge on any atom is -0.458 e. The first-order valence-corrected chi connectivity index (χ1v) is 6.55. The Morgan fingerprint density at radius 2 is 2.11 bits per heavy atom. The third kappa shape index (κ3) is 1.43. The van der Waals surface area contributed by atoms with Crippen LogP contribution in [0.2, 0.25) is 0 Å². The van der Waals surface area contributed by atoms with Crippen LogP contribution in [-0.4, -0.2) is 17.9 Å². The molecule has 3 heteroatoms. The lowest BCUT2D eigenvalue weighted by Gasteiger charge is -2.44. The molecule has 0 radical (unpaired) electrons. The van der Waals surface area contributed by atoms with Gasteiger partial charge in [-0.15, -0.1) is 0 Å². The van der Waals surface area contributed by atoms with Crippen LogP contribution < -0.4 is 0 Å². The van der Waals surface area contributed by atoms with Gasteiger partial charge in [0.15, 0.2) is 5.78 Å². The van der Waals surface area contributed by atoms with Crippen molar-refractivity contribution in [2.24, 2.45) is 11.3 Å². The predicted octanol–water partition coefficient (Wildman–Crippen LogP) is 2.56. The topological polar surface area (TPSA) is 43.4 Å². The average Bonchev–Trinajstić information content (AvgIpc) is 2.58. The molecule has 0 N–H and O–H groups in total. The Bertz CT molecular complexity index is 500. The summed E-state index contributed by atoms with van der Waals surface area (Å²) in [5.41, 5.74) is 2.76. The van der Waals surface area contributed by atoms with Crippen molar-refractivity contribution in [1.82, 2.24) is 0 Å². The molecule has 2 fully saturated rings. The van der Waals surface area contributed by atoms with Crippen LogP contribution in [0, 0.1) is 11.3 Å². The molecule has 2 aliphatic carbocycles. The molecule has 0 aromatic carbocycles. The molecule has 1 saturated heterocycles. The zero-order valence-electron chi connectivity index (χ0n) is 10.9.